The zero-order valence-electron chi connectivity index (χ0n) is 30.5. The van der Waals surface area contributed by atoms with Gasteiger partial charge < -0.3 is 98.4 Å². The fourth-order valence-electron chi connectivity index (χ4n) is 3.76. The molecule has 0 bridgehead atoms. The van der Waals surface area contributed by atoms with E-state index in [1.54, 1.807) is 0 Å². The lowest BCUT2D eigenvalue weighted by Crippen LogP contribution is -2.47. The van der Waals surface area contributed by atoms with Crippen molar-refractivity contribution in [2.75, 3.05) is 66.1 Å². The first-order chi connectivity index (χ1) is 28.4. The second-order valence-electron chi connectivity index (χ2n) is 11.1. The molecule has 0 aliphatic carbocycles. The van der Waals surface area contributed by atoms with Crippen molar-refractivity contribution in [3.8, 4) is 0 Å². The highest BCUT2D eigenvalue weighted by Gasteiger charge is 2.40. The number of hydrogen-bond donors (Lipinski definition) is 10. The van der Waals surface area contributed by atoms with Gasteiger partial charge in [0.25, 0.3) is 0 Å². The number of carbonyl (C=O) groups is 10. The highest BCUT2D eigenvalue weighted by atomic mass is 16.7. The van der Waals surface area contributed by atoms with Gasteiger partial charge in [0.15, 0.2) is 0 Å². The molecule has 1 fully saturated rings. The number of aliphatic hydroxyl groups is 10. The molecule has 0 spiro atoms. The molecule has 340 valence electrons. The first-order valence-corrected chi connectivity index (χ1v) is 16.6. The van der Waals surface area contributed by atoms with Crippen LogP contribution in [0.1, 0.15) is 0 Å². The van der Waals surface area contributed by atoms with Crippen LogP contribution in [0.2, 0.25) is 0 Å². The highest BCUT2D eigenvalue weighted by Crippen LogP contribution is 2.13. The number of carbonyl (C=O) groups excluding carboxylic acids is 10. The Kier molecular flexibility index (Phi) is 23.0. The largest absolute Gasteiger partial charge is 0.445 e. The third kappa shape index (κ3) is 15.5. The van der Waals surface area contributed by atoms with Crippen LogP contribution in [0, 0.1) is 0 Å². The Bertz CT molecular complexity index is 1150. The van der Waals surface area contributed by atoms with Gasteiger partial charge in [-0.25, -0.2) is 47.9 Å². The van der Waals surface area contributed by atoms with Gasteiger partial charge in [-0.15, -0.1) is 0 Å². The lowest BCUT2D eigenvalue weighted by molar-refractivity contribution is -0.200. The van der Waals surface area contributed by atoms with Crippen molar-refractivity contribution < 1.29 is 146 Å². The summed E-state index contributed by atoms with van der Waals surface area (Å²) in [6.45, 7) is -14.7. The van der Waals surface area contributed by atoms with Crippen LogP contribution >= 0.6 is 0 Å². The van der Waals surface area contributed by atoms with Crippen LogP contribution in [-0.4, -0.2) is 238 Å². The Morgan fingerprint density at radius 3 is 0.317 bits per heavy atom. The molecule has 0 amide bonds. The van der Waals surface area contributed by atoms with E-state index in [-0.39, 0.29) is 0 Å². The average molecular weight is 881 g/mol. The van der Waals surface area contributed by atoms with E-state index in [1.165, 1.54) is 0 Å². The second-order valence-corrected chi connectivity index (χ2v) is 11.1. The van der Waals surface area contributed by atoms with Crippen molar-refractivity contribution in [3.63, 3.8) is 0 Å². The molecular formula is C30H40O30. The fraction of sp³-hybridized carbons (Fsp3) is 0.667. The summed E-state index contributed by atoms with van der Waals surface area (Å²) in [5.41, 5.74) is 0. The van der Waals surface area contributed by atoms with Crippen molar-refractivity contribution in [2.45, 2.75) is 61.0 Å². The van der Waals surface area contributed by atoms with Crippen molar-refractivity contribution in [2.24, 2.45) is 0 Å². The van der Waals surface area contributed by atoms with E-state index < -0.39 is 187 Å². The molecule has 1 aliphatic heterocycles. The molecule has 1 saturated heterocycles. The molecule has 1 rings (SSSR count). The summed E-state index contributed by atoms with van der Waals surface area (Å²) in [5.74, 6) is -18.6. The van der Waals surface area contributed by atoms with Crippen molar-refractivity contribution in [1.29, 1.82) is 0 Å². The maximum atomic E-state index is 12.6. The van der Waals surface area contributed by atoms with Crippen LogP contribution in [-0.2, 0) is 95.3 Å². The number of cyclic esters (lactones) is 10. The van der Waals surface area contributed by atoms with E-state index in [2.05, 4.69) is 47.4 Å². The normalized spacial score (nSPS) is 29.5. The second kappa shape index (κ2) is 26.4. The van der Waals surface area contributed by atoms with E-state index in [9.17, 15) is 99.0 Å². The predicted molar refractivity (Wildman–Crippen MR) is 170 cm³/mol. The van der Waals surface area contributed by atoms with Crippen LogP contribution in [0.5, 0.6) is 0 Å². The zero-order valence-corrected chi connectivity index (χ0v) is 30.5. The summed E-state index contributed by atoms with van der Waals surface area (Å²) in [4.78, 5) is 126. The van der Waals surface area contributed by atoms with E-state index in [1.807, 2.05) is 0 Å². The molecule has 0 aromatic rings. The molecule has 0 aromatic carbocycles. The Morgan fingerprint density at radius 1 is 0.200 bits per heavy atom. The first-order valence-electron chi connectivity index (χ1n) is 16.6. The van der Waals surface area contributed by atoms with Gasteiger partial charge in [-0.05, 0) is 0 Å². The topological polar surface area (TPSA) is 465 Å². The Balaban J connectivity index is 3.57. The SMILES string of the molecule is O=C1OC(CO)C(=O)OC(CO)C(=O)OC(CO)C(=O)OC(CO)C(=O)OC(CO)C(=O)OC(CO)C(=O)OC(CO)C(=O)OC(CO)C(=O)OC(CO)C(=O)OC1CO. The van der Waals surface area contributed by atoms with Crippen molar-refractivity contribution in [1.82, 2.24) is 0 Å². The molecule has 60 heavy (non-hydrogen) atoms. The average Bonchev–Trinajstić information content (AvgIpc) is 3.24. The van der Waals surface area contributed by atoms with Crippen LogP contribution in [0.4, 0.5) is 0 Å². The molecule has 1 aliphatic rings. The monoisotopic (exact) mass is 880 g/mol. The maximum absolute atomic E-state index is 12.6. The van der Waals surface area contributed by atoms with Gasteiger partial charge in [0.05, 0.1) is 66.1 Å². The molecule has 0 saturated carbocycles. The maximum Gasteiger partial charge on any atom is 0.350 e. The summed E-state index contributed by atoms with van der Waals surface area (Å²) in [6.07, 6.45) is -24.5. The molecule has 0 aromatic heterocycles. The number of rotatable bonds is 10. The van der Waals surface area contributed by atoms with Crippen molar-refractivity contribution in [3.05, 3.63) is 0 Å². The Hall–Kier alpha value is -5.70. The van der Waals surface area contributed by atoms with Crippen LogP contribution < -0.4 is 0 Å². The quantitative estimate of drug-likeness (QED) is 0.0719. The number of esters is 10. The van der Waals surface area contributed by atoms with E-state index in [4.69, 9.17) is 0 Å². The minimum Gasteiger partial charge on any atom is -0.445 e. The molecule has 10 atom stereocenters. The third-order valence-corrected chi connectivity index (χ3v) is 6.87. The lowest BCUT2D eigenvalue weighted by Gasteiger charge is -2.24. The molecular weight excluding hydrogens is 840 g/mol. The molecule has 10 unspecified atom stereocenters. The lowest BCUT2D eigenvalue weighted by atomic mass is 10.3. The minimum absolute atomic E-state index is 1.47. The predicted octanol–water partition coefficient (Wildman–Crippen LogP) is -11.0. The van der Waals surface area contributed by atoms with Gasteiger partial charge in [-0.1, -0.05) is 0 Å². The molecule has 0 radical (unpaired) electrons. The van der Waals surface area contributed by atoms with Gasteiger partial charge in [0.1, 0.15) is 0 Å². The zero-order chi connectivity index (χ0) is 45.7. The van der Waals surface area contributed by atoms with Crippen molar-refractivity contribution >= 4 is 59.7 Å². The van der Waals surface area contributed by atoms with Gasteiger partial charge in [-0.3, -0.25) is 0 Å². The smallest absolute Gasteiger partial charge is 0.350 e. The van der Waals surface area contributed by atoms with Gasteiger partial charge >= 0.3 is 59.7 Å². The first kappa shape index (κ1) is 52.3. The van der Waals surface area contributed by atoms with Gasteiger partial charge in [-0.2, -0.15) is 0 Å². The van der Waals surface area contributed by atoms with Crippen LogP contribution in [0.15, 0.2) is 0 Å². The number of aliphatic hydroxyl groups excluding tert-OH is 10. The van der Waals surface area contributed by atoms with E-state index in [0.29, 0.717) is 0 Å². The summed E-state index contributed by atoms with van der Waals surface area (Å²) in [7, 11) is 0. The Morgan fingerprint density at radius 2 is 0.267 bits per heavy atom. The van der Waals surface area contributed by atoms with Crippen LogP contribution in [0.25, 0.3) is 0 Å². The van der Waals surface area contributed by atoms with Crippen LogP contribution in [0.3, 0.4) is 0 Å². The van der Waals surface area contributed by atoms with E-state index >= 15 is 0 Å². The summed E-state index contributed by atoms with van der Waals surface area (Å²) < 4.78 is 45.9. The summed E-state index contributed by atoms with van der Waals surface area (Å²) in [6, 6.07) is 0. The number of hydrogen-bond acceptors (Lipinski definition) is 30. The molecule has 10 N–H and O–H groups in total. The van der Waals surface area contributed by atoms with Gasteiger partial charge in [0, 0.05) is 0 Å². The minimum atomic E-state index is -2.45. The number of ether oxygens (including phenoxy) is 10. The molecule has 30 nitrogen and oxygen atoms in total. The molecule has 30 heteroatoms. The fourth-order valence-corrected chi connectivity index (χ4v) is 3.76. The summed E-state index contributed by atoms with van der Waals surface area (Å²) >= 11 is 0. The molecule has 1 heterocycles. The van der Waals surface area contributed by atoms with Gasteiger partial charge in [0.2, 0.25) is 61.0 Å². The third-order valence-electron chi connectivity index (χ3n) is 6.87. The standard InChI is InChI=1S/C30H40O30/c31-1-11-21(41)52-13(3-33)23(43)54-15(5-35)25(45)56-17(7-37)27(47)58-19(9-39)29(49)60-20(10-40)30(50)59-18(8-38)28(48)57-16(6-36)26(46)55-14(4-34)24(44)53-12(2-32)22(42)51-11/h11-20,31-40H,1-10H2. The highest BCUT2D eigenvalue weighted by molar-refractivity contribution is 5.90. The Labute approximate surface area is 333 Å². The summed E-state index contributed by atoms with van der Waals surface area (Å²) in [5, 5.41) is 95.8. The van der Waals surface area contributed by atoms with E-state index in [0.717, 1.165) is 0 Å².